The molecule has 2 rings (SSSR count). The highest BCUT2D eigenvalue weighted by Gasteiger charge is 2.35. The van der Waals surface area contributed by atoms with Crippen LogP contribution in [0.3, 0.4) is 0 Å². The minimum Gasteiger partial charge on any atom is -0.327 e. The van der Waals surface area contributed by atoms with Gasteiger partial charge in [-0.05, 0) is 37.8 Å². The van der Waals surface area contributed by atoms with E-state index in [4.69, 9.17) is 5.73 Å². The summed E-state index contributed by atoms with van der Waals surface area (Å²) in [5, 5.41) is 3.40. The molecule has 2 fully saturated rings. The Kier molecular flexibility index (Phi) is 1.24. The lowest BCUT2D eigenvalue weighted by Crippen LogP contribution is -2.46. The third-order valence-electron chi connectivity index (χ3n) is 2.81. The molecule has 2 nitrogen and oxygen atoms in total. The minimum atomic E-state index is 0.520. The van der Waals surface area contributed by atoms with Crippen molar-refractivity contribution in [3.05, 3.63) is 0 Å². The predicted octanol–water partition coefficient (Wildman–Crippen LogP) is -0.0569. The van der Waals surface area contributed by atoms with E-state index in [1.54, 1.807) is 0 Å². The van der Waals surface area contributed by atoms with Gasteiger partial charge in [0, 0.05) is 6.04 Å². The standard InChI is InChI=1S/C7H14N2/c8-7-5-1-2-6(7)4-9-3-5/h5-7,9H,1-4,8H2/t5-,6-/m1/s1. The van der Waals surface area contributed by atoms with Crippen molar-refractivity contribution in [2.24, 2.45) is 17.6 Å². The van der Waals surface area contributed by atoms with Gasteiger partial charge in [-0.25, -0.2) is 0 Å². The molecule has 0 radical (unpaired) electrons. The summed E-state index contributed by atoms with van der Waals surface area (Å²) in [6.45, 7) is 2.33. The van der Waals surface area contributed by atoms with Crippen molar-refractivity contribution in [1.29, 1.82) is 0 Å². The van der Waals surface area contributed by atoms with Gasteiger partial charge in [0.1, 0.15) is 0 Å². The first kappa shape index (κ1) is 5.69. The molecule has 0 aromatic heterocycles. The molecule has 3 N–H and O–H groups in total. The molecule has 0 spiro atoms. The first-order chi connectivity index (χ1) is 4.38. The normalized spacial score (nSPS) is 49.7. The van der Waals surface area contributed by atoms with Crippen LogP contribution < -0.4 is 11.1 Å². The van der Waals surface area contributed by atoms with Crippen LogP contribution in [0.25, 0.3) is 0 Å². The Bertz CT molecular complexity index is 97.5. The lowest BCUT2D eigenvalue weighted by atomic mass is 9.95. The van der Waals surface area contributed by atoms with Gasteiger partial charge in [0.15, 0.2) is 0 Å². The van der Waals surface area contributed by atoms with E-state index in [0.29, 0.717) is 6.04 Å². The van der Waals surface area contributed by atoms with E-state index in [2.05, 4.69) is 5.32 Å². The van der Waals surface area contributed by atoms with Gasteiger partial charge in [-0.1, -0.05) is 0 Å². The van der Waals surface area contributed by atoms with Crippen LogP contribution in [0.4, 0.5) is 0 Å². The molecular formula is C7H14N2. The number of piperidine rings is 1. The van der Waals surface area contributed by atoms with Gasteiger partial charge in [-0.2, -0.15) is 0 Å². The average Bonchev–Trinajstić information content (AvgIpc) is 2.19. The van der Waals surface area contributed by atoms with Crippen LogP contribution in [0.15, 0.2) is 0 Å². The van der Waals surface area contributed by atoms with Gasteiger partial charge >= 0.3 is 0 Å². The molecule has 1 aliphatic heterocycles. The Morgan fingerprint density at radius 1 is 1.11 bits per heavy atom. The third kappa shape index (κ3) is 0.775. The fourth-order valence-electron chi connectivity index (χ4n) is 2.13. The van der Waals surface area contributed by atoms with E-state index in [9.17, 15) is 0 Å². The topological polar surface area (TPSA) is 38.0 Å². The fourth-order valence-corrected chi connectivity index (χ4v) is 2.13. The van der Waals surface area contributed by atoms with Crippen LogP contribution in [0.1, 0.15) is 12.8 Å². The van der Waals surface area contributed by atoms with Crippen LogP contribution in [0, 0.1) is 11.8 Å². The van der Waals surface area contributed by atoms with Gasteiger partial charge in [-0.15, -0.1) is 0 Å². The van der Waals surface area contributed by atoms with Crippen LogP contribution >= 0.6 is 0 Å². The molecule has 1 saturated heterocycles. The molecular weight excluding hydrogens is 112 g/mol. The summed E-state index contributed by atoms with van der Waals surface area (Å²) in [7, 11) is 0. The first-order valence-electron chi connectivity index (χ1n) is 3.84. The largest absolute Gasteiger partial charge is 0.327 e. The van der Waals surface area contributed by atoms with Gasteiger partial charge in [0.25, 0.3) is 0 Å². The molecule has 52 valence electrons. The fraction of sp³-hybridized carbons (Fsp3) is 1.00. The zero-order valence-corrected chi connectivity index (χ0v) is 5.64. The van der Waals surface area contributed by atoms with Crippen molar-refractivity contribution >= 4 is 0 Å². The number of nitrogens with two attached hydrogens (primary N) is 1. The zero-order valence-electron chi connectivity index (χ0n) is 5.64. The van der Waals surface area contributed by atoms with Crippen molar-refractivity contribution in [2.45, 2.75) is 18.9 Å². The molecule has 2 aliphatic rings. The molecule has 0 aromatic rings. The van der Waals surface area contributed by atoms with Crippen LogP contribution in [-0.2, 0) is 0 Å². The second kappa shape index (κ2) is 1.96. The van der Waals surface area contributed by atoms with Gasteiger partial charge in [0.05, 0.1) is 0 Å². The summed E-state index contributed by atoms with van der Waals surface area (Å²) >= 11 is 0. The predicted molar refractivity (Wildman–Crippen MR) is 37.1 cm³/mol. The smallest absolute Gasteiger partial charge is 0.0120 e. The molecule has 1 heterocycles. The third-order valence-corrected chi connectivity index (χ3v) is 2.81. The summed E-state index contributed by atoms with van der Waals surface area (Å²) in [6, 6.07) is 0.520. The van der Waals surface area contributed by atoms with Crippen LogP contribution in [-0.4, -0.2) is 19.1 Å². The number of hydrogen-bond acceptors (Lipinski definition) is 2. The lowest BCUT2D eigenvalue weighted by molar-refractivity contribution is 0.323. The monoisotopic (exact) mass is 126 g/mol. The van der Waals surface area contributed by atoms with E-state index >= 15 is 0 Å². The number of nitrogens with one attached hydrogen (secondary N) is 1. The van der Waals surface area contributed by atoms with E-state index in [0.717, 1.165) is 24.9 Å². The zero-order chi connectivity index (χ0) is 6.27. The Morgan fingerprint density at radius 2 is 1.67 bits per heavy atom. The SMILES string of the molecule is NC1[C@@H]2CC[C@@H]1CNC2. The maximum atomic E-state index is 5.94. The van der Waals surface area contributed by atoms with Crippen molar-refractivity contribution in [3.63, 3.8) is 0 Å². The van der Waals surface area contributed by atoms with Crippen molar-refractivity contribution < 1.29 is 0 Å². The molecule has 0 unspecified atom stereocenters. The van der Waals surface area contributed by atoms with Crippen molar-refractivity contribution in [3.8, 4) is 0 Å². The highest BCUT2D eigenvalue weighted by Crippen LogP contribution is 2.31. The number of hydrogen-bond donors (Lipinski definition) is 2. The Labute approximate surface area is 55.8 Å². The first-order valence-corrected chi connectivity index (χ1v) is 3.84. The van der Waals surface area contributed by atoms with E-state index < -0.39 is 0 Å². The molecule has 1 aliphatic carbocycles. The maximum Gasteiger partial charge on any atom is 0.0120 e. The summed E-state index contributed by atoms with van der Waals surface area (Å²) in [5.74, 6) is 1.59. The van der Waals surface area contributed by atoms with E-state index in [-0.39, 0.29) is 0 Å². The Hall–Kier alpha value is -0.0800. The average molecular weight is 126 g/mol. The summed E-state index contributed by atoms with van der Waals surface area (Å²) < 4.78 is 0. The minimum absolute atomic E-state index is 0.520. The number of fused-ring (bicyclic) bond motifs is 2. The van der Waals surface area contributed by atoms with Crippen molar-refractivity contribution in [2.75, 3.05) is 13.1 Å². The Balaban J connectivity index is 2.10. The van der Waals surface area contributed by atoms with Gasteiger partial charge < -0.3 is 11.1 Å². The quantitative estimate of drug-likeness (QED) is 0.477. The second-order valence-corrected chi connectivity index (χ2v) is 3.33. The summed E-state index contributed by atoms with van der Waals surface area (Å²) in [6.07, 6.45) is 2.72. The molecule has 1 saturated carbocycles. The van der Waals surface area contributed by atoms with E-state index in [1.807, 2.05) is 0 Å². The highest BCUT2D eigenvalue weighted by atomic mass is 14.9. The van der Waals surface area contributed by atoms with Crippen LogP contribution in [0.5, 0.6) is 0 Å². The molecule has 2 heteroatoms. The molecule has 0 aromatic carbocycles. The van der Waals surface area contributed by atoms with Crippen molar-refractivity contribution in [1.82, 2.24) is 5.32 Å². The summed E-state index contributed by atoms with van der Waals surface area (Å²) in [5.41, 5.74) is 5.94. The number of rotatable bonds is 0. The lowest BCUT2D eigenvalue weighted by Gasteiger charge is -2.26. The summed E-state index contributed by atoms with van der Waals surface area (Å²) in [4.78, 5) is 0. The molecule has 9 heavy (non-hydrogen) atoms. The Morgan fingerprint density at radius 3 is 2.11 bits per heavy atom. The van der Waals surface area contributed by atoms with Gasteiger partial charge in [-0.3, -0.25) is 0 Å². The van der Waals surface area contributed by atoms with Gasteiger partial charge in [0.2, 0.25) is 0 Å². The van der Waals surface area contributed by atoms with E-state index in [1.165, 1.54) is 12.8 Å². The maximum absolute atomic E-state index is 5.94. The van der Waals surface area contributed by atoms with Crippen LogP contribution in [0.2, 0.25) is 0 Å². The highest BCUT2D eigenvalue weighted by molar-refractivity contribution is 4.93. The molecule has 0 amide bonds. The second-order valence-electron chi connectivity index (χ2n) is 3.33. The molecule has 2 bridgehead atoms. The molecule has 2 atom stereocenters.